The van der Waals surface area contributed by atoms with Crippen LogP contribution in [0.3, 0.4) is 0 Å². The van der Waals surface area contributed by atoms with Gasteiger partial charge in [-0.1, -0.05) is 33.6 Å². The van der Waals surface area contributed by atoms with Crippen molar-refractivity contribution in [1.82, 2.24) is 20.2 Å². The molecule has 6 nitrogen and oxygen atoms in total. The Morgan fingerprint density at radius 2 is 2.00 bits per heavy atom. The van der Waals surface area contributed by atoms with E-state index in [2.05, 4.69) is 22.4 Å². The van der Waals surface area contributed by atoms with Crippen LogP contribution in [0.5, 0.6) is 0 Å². The molecule has 0 amide bonds. The van der Waals surface area contributed by atoms with E-state index in [1.165, 1.54) is 12.8 Å². The third-order valence-corrected chi connectivity index (χ3v) is 4.44. The average molecular weight is 294 g/mol. The molecule has 1 aliphatic carbocycles. The average Bonchev–Trinajstić information content (AvgIpc) is 2.86. The molecule has 21 heavy (non-hydrogen) atoms. The van der Waals surface area contributed by atoms with Gasteiger partial charge in [-0.15, -0.1) is 5.10 Å². The first-order valence-electron chi connectivity index (χ1n) is 7.96. The molecule has 1 unspecified atom stereocenters. The molecule has 1 aromatic heterocycles. The molecule has 0 radical (unpaired) electrons. The van der Waals surface area contributed by atoms with Crippen molar-refractivity contribution >= 4 is 5.97 Å². The van der Waals surface area contributed by atoms with Crippen LogP contribution >= 0.6 is 0 Å². The molecule has 0 bridgehead atoms. The highest BCUT2D eigenvalue weighted by atomic mass is 16.4. The molecule has 0 spiro atoms. The highest BCUT2D eigenvalue weighted by Crippen LogP contribution is 2.34. The van der Waals surface area contributed by atoms with E-state index in [1.54, 1.807) is 4.68 Å². The normalized spacial score (nSPS) is 24.2. The summed E-state index contributed by atoms with van der Waals surface area (Å²) in [5, 5.41) is 21.4. The summed E-state index contributed by atoms with van der Waals surface area (Å²) in [7, 11) is 0. The number of carboxylic acid groups (broad SMARTS) is 1. The highest BCUT2D eigenvalue weighted by Gasteiger charge is 2.27. The fourth-order valence-corrected chi connectivity index (χ4v) is 3.18. The quantitative estimate of drug-likeness (QED) is 0.872. The number of rotatable bonds is 6. The summed E-state index contributed by atoms with van der Waals surface area (Å²) in [5.74, 6) is 1.19. The van der Waals surface area contributed by atoms with Crippen LogP contribution in [-0.4, -0.2) is 31.3 Å². The number of aromatic nitrogens is 4. The Kier molecular flexibility index (Phi) is 5.31. The van der Waals surface area contributed by atoms with E-state index in [1.807, 2.05) is 13.8 Å². The van der Waals surface area contributed by atoms with Gasteiger partial charge in [0.05, 0.1) is 12.5 Å². The van der Waals surface area contributed by atoms with Crippen molar-refractivity contribution in [3.05, 3.63) is 5.82 Å². The van der Waals surface area contributed by atoms with Crippen molar-refractivity contribution in [2.45, 2.75) is 65.3 Å². The lowest BCUT2D eigenvalue weighted by atomic mass is 9.82. The van der Waals surface area contributed by atoms with Gasteiger partial charge < -0.3 is 5.11 Å². The molecule has 6 heteroatoms. The number of carbonyl (C=O) groups is 1. The maximum Gasteiger partial charge on any atom is 0.308 e. The molecule has 0 aliphatic heterocycles. The maximum atomic E-state index is 11.4. The molecule has 1 N–H and O–H groups in total. The summed E-state index contributed by atoms with van der Waals surface area (Å²) >= 11 is 0. The third kappa shape index (κ3) is 4.25. The van der Waals surface area contributed by atoms with Crippen LogP contribution in [0.15, 0.2) is 0 Å². The summed E-state index contributed by atoms with van der Waals surface area (Å²) < 4.78 is 1.72. The van der Waals surface area contributed by atoms with E-state index in [0.29, 0.717) is 24.8 Å². The number of hydrogen-bond donors (Lipinski definition) is 1. The lowest BCUT2D eigenvalue weighted by Crippen LogP contribution is -2.25. The summed E-state index contributed by atoms with van der Waals surface area (Å²) in [4.78, 5) is 11.4. The van der Waals surface area contributed by atoms with E-state index in [4.69, 9.17) is 0 Å². The Morgan fingerprint density at radius 1 is 1.33 bits per heavy atom. The molecule has 1 saturated carbocycles. The number of carboxylic acids is 1. The highest BCUT2D eigenvalue weighted by molar-refractivity contribution is 5.69. The van der Waals surface area contributed by atoms with Crippen LogP contribution in [0.25, 0.3) is 0 Å². The lowest BCUT2D eigenvalue weighted by molar-refractivity contribution is -0.142. The zero-order valence-electron chi connectivity index (χ0n) is 13.2. The largest absolute Gasteiger partial charge is 0.481 e. The van der Waals surface area contributed by atoms with E-state index in [9.17, 15) is 9.90 Å². The number of nitrogens with zero attached hydrogens (tertiary/aromatic N) is 4. The topological polar surface area (TPSA) is 80.9 Å². The molecule has 1 aromatic rings. The van der Waals surface area contributed by atoms with Crippen LogP contribution in [0.2, 0.25) is 0 Å². The second-order valence-corrected chi connectivity index (χ2v) is 6.84. The second kappa shape index (κ2) is 7.00. The van der Waals surface area contributed by atoms with Crippen LogP contribution in [-0.2, 0) is 11.3 Å². The first-order chi connectivity index (χ1) is 9.97. The van der Waals surface area contributed by atoms with Crippen LogP contribution in [0.4, 0.5) is 0 Å². The molecule has 1 atom stereocenters. The minimum absolute atomic E-state index is 0.349. The minimum Gasteiger partial charge on any atom is -0.481 e. The standard InChI is InChI=1S/C15H26N4O2/c1-10(2)8-13(15(20)21)9-19-14(16-17-18-19)12-6-4-11(3)5-7-12/h10-13H,4-9H2,1-3H3,(H,20,21). The molecule has 0 saturated heterocycles. The van der Waals surface area contributed by atoms with Crippen molar-refractivity contribution in [3.8, 4) is 0 Å². The van der Waals surface area contributed by atoms with Gasteiger partial charge in [-0.2, -0.15) is 0 Å². The van der Waals surface area contributed by atoms with E-state index in [-0.39, 0.29) is 0 Å². The van der Waals surface area contributed by atoms with Gasteiger partial charge in [-0.25, -0.2) is 4.68 Å². The Balaban J connectivity index is 2.06. The number of hydrogen-bond acceptors (Lipinski definition) is 4. The molecule has 2 rings (SSSR count). The molecule has 1 heterocycles. The molecular weight excluding hydrogens is 268 g/mol. The fourth-order valence-electron chi connectivity index (χ4n) is 3.18. The maximum absolute atomic E-state index is 11.4. The van der Waals surface area contributed by atoms with Gasteiger partial charge in [-0.05, 0) is 41.5 Å². The van der Waals surface area contributed by atoms with Crippen molar-refractivity contribution in [1.29, 1.82) is 0 Å². The Bertz CT molecular complexity index is 464. The van der Waals surface area contributed by atoms with E-state index < -0.39 is 11.9 Å². The predicted octanol–water partition coefficient (Wildman–Crippen LogP) is 2.71. The molecule has 0 aromatic carbocycles. The predicted molar refractivity (Wildman–Crippen MR) is 78.8 cm³/mol. The summed E-state index contributed by atoms with van der Waals surface area (Å²) in [6.07, 6.45) is 5.25. The van der Waals surface area contributed by atoms with Crippen molar-refractivity contribution < 1.29 is 9.90 Å². The Morgan fingerprint density at radius 3 is 2.57 bits per heavy atom. The monoisotopic (exact) mass is 294 g/mol. The van der Waals surface area contributed by atoms with Crippen molar-refractivity contribution in [2.75, 3.05) is 0 Å². The van der Waals surface area contributed by atoms with Crippen molar-refractivity contribution in [2.24, 2.45) is 17.8 Å². The van der Waals surface area contributed by atoms with Crippen LogP contribution in [0, 0.1) is 17.8 Å². The zero-order valence-corrected chi connectivity index (χ0v) is 13.2. The van der Waals surface area contributed by atoms with Crippen molar-refractivity contribution in [3.63, 3.8) is 0 Å². The van der Waals surface area contributed by atoms with Gasteiger partial charge in [0.15, 0.2) is 5.82 Å². The van der Waals surface area contributed by atoms with Gasteiger partial charge in [0.1, 0.15) is 0 Å². The lowest BCUT2D eigenvalue weighted by Gasteiger charge is -2.25. The fraction of sp³-hybridized carbons (Fsp3) is 0.867. The van der Waals surface area contributed by atoms with E-state index >= 15 is 0 Å². The van der Waals surface area contributed by atoms with Crippen LogP contribution < -0.4 is 0 Å². The van der Waals surface area contributed by atoms with Gasteiger partial charge in [0.2, 0.25) is 0 Å². The summed E-state index contributed by atoms with van der Waals surface area (Å²) in [6, 6.07) is 0. The zero-order chi connectivity index (χ0) is 15.4. The molecular formula is C15H26N4O2. The minimum atomic E-state index is -0.762. The Labute approximate surface area is 125 Å². The van der Waals surface area contributed by atoms with Gasteiger partial charge >= 0.3 is 5.97 Å². The summed E-state index contributed by atoms with van der Waals surface area (Å²) in [6.45, 7) is 6.74. The van der Waals surface area contributed by atoms with Gasteiger partial charge in [0, 0.05) is 5.92 Å². The summed E-state index contributed by atoms with van der Waals surface area (Å²) in [5.41, 5.74) is 0. The smallest absolute Gasteiger partial charge is 0.308 e. The van der Waals surface area contributed by atoms with Crippen LogP contribution in [0.1, 0.15) is 64.6 Å². The van der Waals surface area contributed by atoms with Gasteiger partial charge in [0.25, 0.3) is 0 Å². The second-order valence-electron chi connectivity index (χ2n) is 6.84. The van der Waals surface area contributed by atoms with Gasteiger partial charge in [-0.3, -0.25) is 4.79 Å². The molecule has 118 valence electrons. The number of tetrazole rings is 1. The SMILES string of the molecule is CC(C)CC(Cn1nnnc1C1CCC(C)CC1)C(=O)O. The molecule has 1 aliphatic rings. The van der Waals surface area contributed by atoms with E-state index in [0.717, 1.165) is 24.6 Å². The molecule has 1 fully saturated rings. The Hall–Kier alpha value is -1.46. The first-order valence-corrected chi connectivity index (χ1v) is 7.96. The third-order valence-electron chi connectivity index (χ3n) is 4.44. The first kappa shape index (κ1) is 15.9. The number of aliphatic carboxylic acids is 1.